The topological polar surface area (TPSA) is 24.5 Å². The number of methoxy groups -OCH3 is 1. The fourth-order valence-electron chi connectivity index (χ4n) is 3.21. The van der Waals surface area contributed by atoms with E-state index in [1.807, 2.05) is 6.07 Å². The van der Waals surface area contributed by atoms with Crippen LogP contribution in [-0.2, 0) is 6.54 Å². The first-order valence-electron chi connectivity index (χ1n) is 7.50. The number of nitrogens with one attached hydrogen (secondary N) is 1. The normalized spacial score (nSPS) is 26.1. The predicted octanol–water partition coefficient (Wildman–Crippen LogP) is 3.19. The van der Waals surface area contributed by atoms with Gasteiger partial charge in [0.2, 0.25) is 0 Å². The Kier molecular flexibility index (Phi) is 3.78. The summed E-state index contributed by atoms with van der Waals surface area (Å²) in [6.45, 7) is 4.45. The Bertz CT molecular complexity index is 535. The van der Waals surface area contributed by atoms with Crippen molar-refractivity contribution in [3.8, 4) is 5.75 Å². The summed E-state index contributed by atoms with van der Waals surface area (Å²) in [5.74, 6) is 0.776. The Labute approximate surface area is 131 Å². The maximum absolute atomic E-state index is 8.24. The fourth-order valence-corrected chi connectivity index (χ4v) is 3.60. The second-order valence-corrected chi connectivity index (χ2v) is 6.49. The molecule has 0 amide bonds. The molecule has 1 unspecified atom stereocenters. The van der Waals surface area contributed by atoms with Crippen molar-refractivity contribution in [1.82, 2.24) is 10.2 Å². The molecule has 0 bridgehead atoms. The first-order valence-corrected chi connectivity index (χ1v) is 7.67. The van der Waals surface area contributed by atoms with Gasteiger partial charge in [0, 0.05) is 26.6 Å². The number of ether oxygens (including phenoxy) is 1. The highest BCUT2D eigenvalue weighted by atomic mass is 35.5. The van der Waals surface area contributed by atoms with Crippen LogP contribution in [0.25, 0.3) is 0 Å². The molecule has 2 aliphatic heterocycles. The van der Waals surface area contributed by atoms with E-state index in [4.69, 9.17) is 29.3 Å². The van der Waals surface area contributed by atoms with E-state index >= 15 is 0 Å². The van der Waals surface area contributed by atoms with Gasteiger partial charge in [-0.25, -0.2) is 0 Å². The molecule has 0 aliphatic carbocycles. The van der Waals surface area contributed by atoms with E-state index in [0.717, 1.165) is 50.5 Å². The van der Waals surface area contributed by atoms with Crippen LogP contribution in [-0.4, -0.2) is 38.2 Å². The van der Waals surface area contributed by atoms with Gasteiger partial charge in [0.15, 0.2) is 0 Å². The van der Waals surface area contributed by atoms with Gasteiger partial charge in [0.05, 0.1) is 17.2 Å². The number of halogens is 2. The van der Waals surface area contributed by atoms with Gasteiger partial charge in [0.25, 0.3) is 0 Å². The average molecular weight is 316 g/mol. The van der Waals surface area contributed by atoms with Crippen molar-refractivity contribution in [3.63, 3.8) is 0 Å². The lowest BCUT2D eigenvalue weighted by Gasteiger charge is -2.52. The molecular weight excluding hydrogens is 295 g/mol. The summed E-state index contributed by atoms with van der Waals surface area (Å²) in [6, 6.07) is 3.62. The Balaban J connectivity index is 1.71. The number of hydrogen-bond acceptors (Lipinski definition) is 3. The van der Waals surface area contributed by atoms with Crippen LogP contribution >= 0.6 is 23.2 Å². The van der Waals surface area contributed by atoms with E-state index in [-0.39, 0.29) is 11.8 Å². The van der Waals surface area contributed by atoms with Crippen LogP contribution in [0.2, 0.25) is 10.0 Å². The van der Waals surface area contributed by atoms with Crippen molar-refractivity contribution in [3.05, 3.63) is 27.7 Å². The number of piperidine rings is 1. The van der Waals surface area contributed by atoms with Gasteiger partial charge in [0.1, 0.15) is 5.75 Å². The molecule has 1 N–H and O–H groups in total. The summed E-state index contributed by atoms with van der Waals surface area (Å²) in [5.41, 5.74) is 1.10. The molecule has 0 saturated carbocycles. The fraction of sp³-hybridized carbons (Fsp3) is 0.600. The summed E-state index contributed by atoms with van der Waals surface area (Å²) >= 11 is 12.4. The van der Waals surface area contributed by atoms with Crippen LogP contribution in [0.15, 0.2) is 12.1 Å². The molecule has 3 nitrogen and oxygen atoms in total. The van der Waals surface area contributed by atoms with Gasteiger partial charge in [-0.3, -0.25) is 4.90 Å². The van der Waals surface area contributed by atoms with Gasteiger partial charge in [-0.1, -0.05) is 23.2 Å². The number of nitrogens with zero attached hydrogens (tertiary/aromatic N) is 1. The highest BCUT2D eigenvalue weighted by molar-refractivity contribution is 6.42. The number of rotatable bonds is 3. The molecule has 2 fully saturated rings. The zero-order valence-electron chi connectivity index (χ0n) is 12.6. The standard InChI is InChI=1S/C15H20Cl2N2O/c1-20-13-3-2-12(16)14(17)11(13)8-19-9-15(10-19)4-6-18-7-5-15/h2-3,18H,4-10H2,1H3/i4D. The van der Waals surface area contributed by atoms with Crippen molar-refractivity contribution >= 4 is 23.2 Å². The lowest BCUT2D eigenvalue weighted by atomic mass is 9.72. The van der Waals surface area contributed by atoms with E-state index in [9.17, 15) is 0 Å². The first kappa shape index (κ1) is 13.2. The number of benzene rings is 1. The summed E-state index contributed by atoms with van der Waals surface area (Å²) in [6.07, 6.45) is 1.07. The molecule has 3 rings (SSSR count). The van der Waals surface area contributed by atoms with Crippen molar-refractivity contribution < 1.29 is 6.11 Å². The Morgan fingerprint density at radius 3 is 2.90 bits per heavy atom. The molecule has 0 aromatic heterocycles. The molecule has 1 atom stereocenters. The molecule has 20 heavy (non-hydrogen) atoms. The van der Waals surface area contributed by atoms with Gasteiger partial charge in [-0.15, -0.1) is 0 Å². The molecular formula is C15H20Cl2N2O. The molecule has 110 valence electrons. The van der Waals surface area contributed by atoms with Crippen LogP contribution in [0, 0.1) is 5.41 Å². The summed E-state index contributed by atoms with van der Waals surface area (Å²) in [4.78, 5) is 2.33. The minimum absolute atomic E-state index is 0.0146. The molecule has 1 aromatic rings. The number of hydrogen-bond donors (Lipinski definition) is 1. The molecule has 2 heterocycles. The Morgan fingerprint density at radius 2 is 2.20 bits per heavy atom. The van der Waals surface area contributed by atoms with E-state index in [1.165, 1.54) is 0 Å². The summed E-state index contributed by atoms with van der Waals surface area (Å²) in [5, 5.41) is 4.42. The maximum Gasteiger partial charge on any atom is 0.124 e. The quantitative estimate of drug-likeness (QED) is 0.927. The molecule has 1 aromatic carbocycles. The Hall–Kier alpha value is -0.480. The van der Waals surface area contributed by atoms with Crippen molar-refractivity contribution in [1.29, 1.82) is 0 Å². The number of likely N-dealkylation sites (tertiary alicyclic amines) is 1. The Morgan fingerprint density at radius 1 is 1.40 bits per heavy atom. The highest BCUT2D eigenvalue weighted by Gasteiger charge is 2.43. The van der Waals surface area contributed by atoms with Gasteiger partial charge in [-0.05, 0) is 43.5 Å². The molecule has 0 radical (unpaired) electrons. The van der Waals surface area contributed by atoms with Crippen LogP contribution in [0.5, 0.6) is 5.75 Å². The van der Waals surface area contributed by atoms with E-state index in [0.29, 0.717) is 10.0 Å². The molecule has 1 spiro atoms. The zero-order chi connectivity index (χ0) is 15.0. The largest absolute Gasteiger partial charge is 0.496 e. The van der Waals surface area contributed by atoms with Crippen molar-refractivity contribution in [2.45, 2.75) is 19.4 Å². The third-order valence-electron chi connectivity index (χ3n) is 4.31. The summed E-state index contributed by atoms with van der Waals surface area (Å²) < 4.78 is 13.6. The maximum atomic E-state index is 8.24. The van der Waals surface area contributed by atoms with E-state index in [2.05, 4.69) is 10.2 Å². The second kappa shape index (κ2) is 5.72. The van der Waals surface area contributed by atoms with Gasteiger partial charge >= 0.3 is 0 Å². The SMILES string of the molecule is [2H]C1CNCCC12CN(Cc1c(OC)ccc(Cl)c1Cl)C2. The van der Waals surface area contributed by atoms with E-state index in [1.54, 1.807) is 13.2 Å². The van der Waals surface area contributed by atoms with Crippen LogP contribution in [0.4, 0.5) is 0 Å². The minimum Gasteiger partial charge on any atom is -0.496 e. The zero-order valence-corrected chi connectivity index (χ0v) is 13.1. The van der Waals surface area contributed by atoms with Crippen LogP contribution in [0.1, 0.15) is 19.8 Å². The third kappa shape index (κ3) is 2.64. The average Bonchev–Trinajstić information content (AvgIpc) is 2.44. The smallest absolute Gasteiger partial charge is 0.124 e. The lowest BCUT2D eigenvalue weighted by molar-refractivity contribution is -0.0285. The summed E-state index contributed by atoms with van der Waals surface area (Å²) in [7, 11) is 1.65. The molecule has 2 saturated heterocycles. The first-order chi connectivity index (χ1) is 10.1. The van der Waals surface area contributed by atoms with Gasteiger partial charge < -0.3 is 10.1 Å². The minimum atomic E-state index is -0.0146. The highest BCUT2D eigenvalue weighted by Crippen LogP contribution is 2.41. The monoisotopic (exact) mass is 315 g/mol. The lowest BCUT2D eigenvalue weighted by Crippen LogP contribution is -2.59. The van der Waals surface area contributed by atoms with Crippen LogP contribution < -0.4 is 10.1 Å². The second-order valence-electron chi connectivity index (χ2n) is 5.71. The van der Waals surface area contributed by atoms with Gasteiger partial charge in [-0.2, -0.15) is 0 Å². The third-order valence-corrected chi connectivity index (χ3v) is 5.15. The van der Waals surface area contributed by atoms with Crippen LogP contribution in [0.3, 0.4) is 0 Å². The van der Waals surface area contributed by atoms with Crippen molar-refractivity contribution in [2.75, 3.05) is 33.3 Å². The molecule has 5 heteroatoms. The predicted molar refractivity (Wildman–Crippen MR) is 82.8 cm³/mol. The van der Waals surface area contributed by atoms with Crippen molar-refractivity contribution in [2.24, 2.45) is 5.41 Å². The molecule has 2 aliphatic rings. The van der Waals surface area contributed by atoms with E-state index < -0.39 is 0 Å².